The molecule has 1 aliphatic carbocycles. The molecule has 0 spiro atoms. The maximum absolute atomic E-state index is 13.8. The highest BCUT2D eigenvalue weighted by atomic mass is 16.3. The second-order valence-electron chi connectivity index (χ2n) is 9.27. The first-order chi connectivity index (χ1) is 15.8. The Morgan fingerprint density at radius 3 is 2.33 bits per heavy atom. The summed E-state index contributed by atoms with van der Waals surface area (Å²) in [6, 6.07) is 4.53. The van der Waals surface area contributed by atoms with Gasteiger partial charge in [-0.15, -0.1) is 0 Å². The summed E-state index contributed by atoms with van der Waals surface area (Å²) in [5.41, 5.74) is 2.62. The van der Waals surface area contributed by atoms with Crippen LogP contribution in [0.2, 0.25) is 0 Å². The smallest absolute Gasteiger partial charge is 0.247 e. The minimum absolute atomic E-state index is 0.0587. The molecular weight excluding hydrogens is 418 g/mol. The summed E-state index contributed by atoms with van der Waals surface area (Å²) in [6.45, 7) is 7.58. The lowest BCUT2D eigenvalue weighted by atomic mass is 9.68. The first kappa shape index (κ1) is 25.0. The Balaban J connectivity index is 2.06. The summed E-state index contributed by atoms with van der Waals surface area (Å²) in [4.78, 5) is 42.0. The standard InChI is InChI=1S/C26H37N3O4/c1-6-9-17-12-13-19-21(20(17)24(31)27-5)26(33)29(18(7-2)14-30)23(19)25(32)28-22-15(3)10-8-11-16(22)4/h8,10-13,17-21,23,30H,6-7,9,14H2,1-5H3,(H,27,31)(H,28,32)/t17-,18+,19+,20-,21+,23+/m1/s1. The number of benzene rings is 1. The molecule has 2 aliphatic rings. The Hall–Kier alpha value is -2.67. The predicted molar refractivity (Wildman–Crippen MR) is 128 cm³/mol. The number of nitrogens with one attached hydrogen (secondary N) is 2. The van der Waals surface area contributed by atoms with E-state index in [9.17, 15) is 19.5 Å². The fraction of sp³-hybridized carbons (Fsp3) is 0.577. The molecule has 1 saturated heterocycles. The molecule has 0 saturated carbocycles. The molecule has 3 N–H and O–H groups in total. The average molecular weight is 456 g/mol. The Labute approximate surface area is 196 Å². The highest BCUT2D eigenvalue weighted by Crippen LogP contribution is 2.46. The fourth-order valence-electron chi connectivity index (χ4n) is 5.59. The molecule has 1 heterocycles. The third-order valence-electron chi connectivity index (χ3n) is 7.29. The van der Waals surface area contributed by atoms with Crippen LogP contribution in [0.5, 0.6) is 0 Å². The number of fused-ring (bicyclic) bond motifs is 1. The van der Waals surface area contributed by atoms with Gasteiger partial charge in [-0.25, -0.2) is 0 Å². The summed E-state index contributed by atoms with van der Waals surface area (Å²) in [5, 5.41) is 15.8. The SMILES string of the molecule is CCC[C@@H]1C=C[C@H]2[C@H](C(=O)N([C@@H](CC)CO)[C@@H]2C(=O)Nc2c(C)cccc2C)[C@@H]1C(=O)NC. The molecule has 180 valence electrons. The van der Waals surface area contributed by atoms with Crippen molar-refractivity contribution in [2.45, 2.75) is 59.0 Å². The van der Waals surface area contributed by atoms with Crippen LogP contribution in [0.15, 0.2) is 30.4 Å². The van der Waals surface area contributed by atoms with E-state index < -0.39 is 29.8 Å². The number of aryl methyl sites for hydroxylation is 2. The zero-order valence-electron chi connectivity index (χ0n) is 20.3. The number of para-hydroxylation sites is 1. The fourth-order valence-corrected chi connectivity index (χ4v) is 5.59. The number of hydrogen-bond donors (Lipinski definition) is 3. The van der Waals surface area contributed by atoms with E-state index in [4.69, 9.17) is 0 Å². The molecule has 1 aliphatic heterocycles. The summed E-state index contributed by atoms with van der Waals surface area (Å²) in [7, 11) is 1.59. The number of allylic oxidation sites excluding steroid dienone is 1. The van der Waals surface area contributed by atoms with Gasteiger partial charge in [-0.2, -0.15) is 0 Å². The van der Waals surface area contributed by atoms with Crippen LogP contribution in [0.3, 0.4) is 0 Å². The monoisotopic (exact) mass is 455 g/mol. The third-order valence-corrected chi connectivity index (χ3v) is 7.29. The summed E-state index contributed by atoms with van der Waals surface area (Å²) in [6.07, 6.45) is 6.17. The molecule has 7 heteroatoms. The first-order valence-electron chi connectivity index (χ1n) is 12.0. The zero-order valence-corrected chi connectivity index (χ0v) is 20.3. The van der Waals surface area contributed by atoms with E-state index in [-0.39, 0.29) is 30.2 Å². The van der Waals surface area contributed by atoms with Crippen LogP contribution < -0.4 is 10.6 Å². The van der Waals surface area contributed by atoms with Gasteiger partial charge >= 0.3 is 0 Å². The van der Waals surface area contributed by atoms with E-state index in [0.717, 1.165) is 29.7 Å². The zero-order chi connectivity index (χ0) is 24.3. The van der Waals surface area contributed by atoms with E-state index in [0.29, 0.717) is 6.42 Å². The van der Waals surface area contributed by atoms with Gasteiger partial charge in [0, 0.05) is 18.7 Å². The molecule has 0 radical (unpaired) electrons. The molecule has 6 atom stereocenters. The minimum Gasteiger partial charge on any atom is -0.394 e. The van der Waals surface area contributed by atoms with Crippen molar-refractivity contribution in [3.8, 4) is 0 Å². The van der Waals surface area contributed by atoms with Crippen LogP contribution in [-0.4, -0.2) is 53.5 Å². The number of carbonyl (C=O) groups is 3. The molecule has 33 heavy (non-hydrogen) atoms. The third kappa shape index (κ3) is 4.56. The first-order valence-corrected chi connectivity index (χ1v) is 12.0. The number of likely N-dealkylation sites (tertiary alicyclic amines) is 1. The molecule has 3 amide bonds. The quantitative estimate of drug-likeness (QED) is 0.525. The second-order valence-corrected chi connectivity index (χ2v) is 9.27. The molecule has 0 bridgehead atoms. The highest BCUT2D eigenvalue weighted by Gasteiger charge is 2.58. The van der Waals surface area contributed by atoms with E-state index in [1.165, 1.54) is 0 Å². The van der Waals surface area contributed by atoms with Crippen molar-refractivity contribution in [1.82, 2.24) is 10.2 Å². The number of amides is 3. The van der Waals surface area contributed by atoms with Crippen molar-refractivity contribution in [1.29, 1.82) is 0 Å². The number of anilines is 1. The molecule has 1 aromatic rings. The molecule has 0 aromatic heterocycles. The summed E-state index contributed by atoms with van der Waals surface area (Å²) in [5.74, 6) is -2.32. The van der Waals surface area contributed by atoms with Crippen molar-refractivity contribution in [2.24, 2.45) is 23.7 Å². The Morgan fingerprint density at radius 1 is 1.12 bits per heavy atom. The Bertz CT molecular complexity index is 904. The number of aliphatic hydroxyl groups is 1. The van der Waals surface area contributed by atoms with Crippen molar-refractivity contribution >= 4 is 23.4 Å². The maximum atomic E-state index is 13.8. The van der Waals surface area contributed by atoms with Crippen molar-refractivity contribution in [3.05, 3.63) is 41.5 Å². The number of hydrogen-bond acceptors (Lipinski definition) is 4. The van der Waals surface area contributed by atoms with Gasteiger partial charge in [0.1, 0.15) is 6.04 Å². The molecule has 1 fully saturated rings. The molecule has 1 aromatic carbocycles. The average Bonchev–Trinajstić information content (AvgIpc) is 3.09. The highest BCUT2D eigenvalue weighted by molar-refractivity contribution is 6.02. The largest absolute Gasteiger partial charge is 0.394 e. The van der Waals surface area contributed by atoms with Gasteiger partial charge in [-0.3, -0.25) is 14.4 Å². The maximum Gasteiger partial charge on any atom is 0.247 e. The van der Waals surface area contributed by atoms with Gasteiger partial charge in [-0.05, 0) is 43.7 Å². The van der Waals surface area contributed by atoms with E-state index >= 15 is 0 Å². The van der Waals surface area contributed by atoms with Crippen molar-refractivity contribution in [3.63, 3.8) is 0 Å². The lowest BCUT2D eigenvalue weighted by Gasteiger charge is -2.34. The number of aliphatic hydroxyl groups excluding tert-OH is 1. The van der Waals surface area contributed by atoms with Crippen LogP contribution in [0.1, 0.15) is 44.2 Å². The van der Waals surface area contributed by atoms with Crippen molar-refractivity contribution < 1.29 is 19.5 Å². The molecular formula is C26H37N3O4. The van der Waals surface area contributed by atoms with E-state index in [1.807, 2.05) is 51.1 Å². The van der Waals surface area contributed by atoms with Crippen LogP contribution in [-0.2, 0) is 14.4 Å². The van der Waals surface area contributed by atoms with Gasteiger partial charge in [0.2, 0.25) is 17.7 Å². The Morgan fingerprint density at radius 2 is 1.79 bits per heavy atom. The predicted octanol–water partition coefficient (Wildman–Crippen LogP) is 2.80. The molecule has 7 nitrogen and oxygen atoms in total. The van der Waals surface area contributed by atoms with Crippen LogP contribution in [0.25, 0.3) is 0 Å². The topological polar surface area (TPSA) is 98.7 Å². The number of nitrogens with zero attached hydrogens (tertiary/aromatic N) is 1. The van der Waals surface area contributed by atoms with Gasteiger partial charge < -0.3 is 20.6 Å². The summed E-state index contributed by atoms with van der Waals surface area (Å²) < 4.78 is 0. The minimum atomic E-state index is -0.787. The lowest BCUT2D eigenvalue weighted by molar-refractivity contribution is -0.142. The molecule has 0 unspecified atom stereocenters. The number of carbonyl (C=O) groups excluding carboxylic acids is 3. The van der Waals surface area contributed by atoms with Crippen LogP contribution >= 0.6 is 0 Å². The van der Waals surface area contributed by atoms with Gasteiger partial charge in [0.05, 0.1) is 24.5 Å². The Kier molecular flexibility index (Phi) is 7.95. The van der Waals surface area contributed by atoms with E-state index in [2.05, 4.69) is 17.6 Å². The molecule has 3 rings (SSSR count). The van der Waals surface area contributed by atoms with Gasteiger partial charge in [-0.1, -0.05) is 50.6 Å². The van der Waals surface area contributed by atoms with Crippen molar-refractivity contribution in [2.75, 3.05) is 19.0 Å². The van der Waals surface area contributed by atoms with Gasteiger partial charge in [0.25, 0.3) is 0 Å². The van der Waals surface area contributed by atoms with Crippen LogP contribution in [0.4, 0.5) is 5.69 Å². The number of rotatable bonds is 8. The van der Waals surface area contributed by atoms with Crippen LogP contribution in [0, 0.1) is 37.5 Å². The van der Waals surface area contributed by atoms with E-state index in [1.54, 1.807) is 11.9 Å². The normalized spacial score (nSPS) is 27.3. The lowest BCUT2D eigenvalue weighted by Crippen LogP contribution is -2.50. The second kappa shape index (κ2) is 10.5. The van der Waals surface area contributed by atoms with Gasteiger partial charge in [0.15, 0.2) is 0 Å². The summed E-state index contributed by atoms with van der Waals surface area (Å²) >= 11 is 0.